The summed E-state index contributed by atoms with van der Waals surface area (Å²) in [6.45, 7) is 0. The minimum absolute atomic E-state index is 0. The number of aromatic carboxylic acids is 4. The van der Waals surface area contributed by atoms with Crippen LogP contribution < -0.4 is 0 Å². The number of rotatable bonds is 4. The van der Waals surface area contributed by atoms with Crippen LogP contribution in [-0.2, 0) is 0 Å². The van der Waals surface area contributed by atoms with Gasteiger partial charge in [-0.3, -0.25) is 0 Å². The molecule has 0 aliphatic carbocycles. The molecular formula is C16H12EuO8Tb. The number of hydrogen-bond acceptors (Lipinski definition) is 4. The zero-order valence-corrected chi connectivity index (χ0v) is 17.3. The number of benzene rings is 2. The molecule has 0 bridgehead atoms. The van der Waals surface area contributed by atoms with Crippen molar-refractivity contribution in [3.8, 4) is 0 Å². The average Bonchev–Trinajstić information content (AvgIpc) is 2.55. The van der Waals surface area contributed by atoms with Crippen molar-refractivity contribution in [1.29, 1.82) is 0 Å². The van der Waals surface area contributed by atoms with Gasteiger partial charge in [-0.15, -0.1) is 0 Å². The fraction of sp³-hybridized carbons (Fsp3) is 0. The van der Waals surface area contributed by atoms with E-state index in [1.54, 1.807) is 0 Å². The van der Waals surface area contributed by atoms with Crippen molar-refractivity contribution in [3.63, 3.8) is 0 Å². The van der Waals surface area contributed by atoms with Gasteiger partial charge < -0.3 is 20.4 Å². The molecule has 10 heteroatoms. The molecule has 0 saturated heterocycles. The van der Waals surface area contributed by atoms with E-state index >= 15 is 0 Å². The minimum Gasteiger partial charge on any atom is -0.478 e. The maximum Gasteiger partial charge on any atom is 0.336 e. The van der Waals surface area contributed by atoms with Gasteiger partial charge >= 0.3 is 23.9 Å². The van der Waals surface area contributed by atoms with E-state index in [1.807, 2.05) is 0 Å². The molecule has 2 aromatic carbocycles. The molecule has 26 heavy (non-hydrogen) atoms. The second-order valence-corrected chi connectivity index (χ2v) is 4.31. The van der Waals surface area contributed by atoms with Gasteiger partial charge in [-0.05, 0) is 24.3 Å². The van der Waals surface area contributed by atoms with Gasteiger partial charge in [0.1, 0.15) is 0 Å². The van der Waals surface area contributed by atoms with Crippen molar-refractivity contribution in [2.75, 3.05) is 0 Å². The average molecular weight is 643 g/mol. The Kier molecular flexibility index (Phi) is 14.1. The van der Waals surface area contributed by atoms with E-state index in [0.717, 1.165) is 0 Å². The van der Waals surface area contributed by atoms with Gasteiger partial charge in [-0.1, -0.05) is 24.3 Å². The van der Waals surface area contributed by atoms with Gasteiger partial charge in [0.15, 0.2) is 0 Å². The second kappa shape index (κ2) is 13.4. The SMILES string of the molecule is O=C(O)c1ccccc1C(=O)O.O=C(O)c1ccccc1C(=O)O.[Eu].[Tb]. The molecule has 0 aliphatic rings. The van der Waals surface area contributed by atoms with Crippen LogP contribution in [0.2, 0.25) is 0 Å². The summed E-state index contributed by atoms with van der Waals surface area (Å²) in [7, 11) is 0. The Labute approximate surface area is 219 Å². The van der Waals surface area contributed by atoms with Crippen molar-refractivity contribution < 1.29 is 128 Å². The van der Waals surface area contributed by atoms with Gasteiger partial charge in [0.05, 0.1) is 22.3 Å². The van der Waals surface area contributed by atoms with Crippen LogP contribution in [-0.4, -0.2) is 44.3 Å². The first-order valence-corrected chi connectivity index (χ1v) is 6.37. The molecule has 0 aromatic heterocycles. The maximum atomic E-state index is 10.5. The summed E-state index contributed by atoms with van der Waals surface area (Å²) in [6, 6.07) is 11.0. The largest absolute Gasteiger partial charge is 0.478 e. The molecule has 0 fully saturated rings. The molecule has 8 nitrogen and oxygen atoms in total. The van der Waals surface area contributed by atoms with E-state index < -0.39 is 23.9 Å². The third kappa shape index (κ3) is 8.26. The molecule has 0 unspecified atom stereocenters. The van der Waals surface area contributed by atoms with E-state index in [9.17, 15) is 19.2 Å². The maximum absolute atomic E-state index is 10.5. The number of carboxylic acid groups (broad SMARTS) is 4. The summed E-state index contributed by atoms with van der Waals surface area (Å²) in [4.78, 5) is 41.9. The first-order chi connectivity index (χ1) is 11.3. The molecule has 0 amide bonds. The molecule has 0 saturated carbocycles. The van der Waals surface area contributed by atoms with Gasteiger partial charge in [-0.2, -0.15) is 0 Å². The third-order valence-corrected chi connectivity index (χ3v) is 2.78. The number of hydrogen-bond donors (Lipinski definition) is 4. The van der Waals surface area contributed by atoms with E-state index in [4.69, 9.17) is 20.4 Å². The van der Waals surface area contributed by atoms with Crippen LogP contribution in [0.15, 0.2) is 48.5 Å². The monoisotopic (exact) mass is 644 g/mol. The standard InChI is InChI=1S/2C8H6O4.Eu.Tb/c2*9-7(10)5-3-1-2-4-6(5)8(11)12;;/h2*1-4H,(H,9,10)(H,11,12);;. The molecule has 2 radical (unpaired) electrons. The van der Waals surface area contributed by atoms with E-state index in [1.165, 1.54) is 48.5 Å². The van der Waals surface area contributed by atoms with Crippen molar-refractivity contribution in [1.82, 2.24) is 0 Å². The topological polar surface area (TPSA) is 149 Å². The summed E-state index contributed by atoms with van der Waals surface area (Å²) in [6.07, 6.45) is 0. The van der Waals surface area contributed by atoms with Crippen LogP contribution in [0.4, 0.5) is 0 Å². The molecule has 140 valence electrons. The molecule has 2 rings (SSSR count). The Morgan fingerprint density at radius 3 is 0.769 bits per heavy atom. The Hall–Kier alpha value is -0.810. The zero-order chi connectivity index (χ0) is 18.3. The Bertz CT molecular complexity index is 673. The van der Waals surface area contributed by atoms with Crippen LogP contribution in [0.25, 0.3) is 0 Å². The summed E-state index contributed by atoms with van der Waals surface area (Å²) < 4.78 is 0. The molecule has 0 atom stereocenters. The van der Waals surface area contributed by atoms with E-state index in [-0.39, 0.29) is 110 Å². The summed E-state index contributed by atoms with van der Waals surface area (Å²) in [5.74, 6) is -4.91. The molecule has 0 heterocycles. The van der Waals surface area contributed by atoms with Crippen LogP contribution in [0, 0.1) is 88.0 Å². The van der Waals surface area contributed by atoms with Crippen molar-refractivity contribution in [3.05, 3.63) is 70.8 Å². The Morgan fingerprint density at radius 2 is 0.654 bits per heavy atom. The Balaban J connectivity index is 0. The quantitative estimate of drug-likeness (QED) is 0.397. The first-order valence-electron chi connectivity index (χ1n) is 6.37. The van der Waals surface area contributed by atoms with Crippen molar-refractivity contribution in [2.24, 2.45) is 0 Å². The summed E-state index contributed by atoms with van der Waals surface area (Å²) >= 11 is 0. The van der Waals surface area contributed by atoms with Crippen LogP contribution >= 0.6 is 0 Å². The predicted octanol–water partition coefficient (Wildman–Crippen LogP) is 2.17. The van der Waals surface area contributed by atoms with Gasteiger partial charge in [-0.25, -0.2) is 19.2 Å². The molecular weight excluding hydrogens is 631 g/mol. The predicted molar refractivity (Wildman–Crippen MR) is 80.7 cm³/mol. The van der Waals surface area contributed by atoms with Gasteiger partial charge in [0.2, 0.25) is 0 Å². The van der Waals surface area contributed by atoms with Crippen LogP contribution in [0.3, 0.4) is 0 Å². The Morgan fingerprint density at radius 1 is 0.500 bits per heavy atom. The minimum atomic E-state index is -1.23. The number of carboxylic acids is 4. The molecule has 0 aliphatic heterocycles. The smallest absolute Gasteiger partial charge is 0.336 e. The normalized spacial score (nSPS) is 8.62. The van der Waals surface area contributed by atoms with Crippen molar-refractivity contribution >= 4 is 23.9 Å². The fourth-order valence-electron chi connectivity index (χ4n) is 1.71. The van der Waals surface area contributed by atoms with Crippen LogP contribution in [0.5, 0.6) is 0 Å². The molecule has 4 N–H and O–H groups in total. The van der Waals surface area contributed by atoms with Crippen LogP contribution in [0.1, 0.15) is 41.4 Å². The van der Waals surface area contributed by atoms with E-state index in [2.05, 4.69) is 0 Å². The first kappa shape index (κ1) is 27.4. The third-order valence-electron chi connectivity index (χ3n) is 2.78. The second-order valence-electron chi connectivity index (χ2n) is 4.31. The summed E-state index contributed by atoms with van der Waals surface area (Å²) in [5, 5.41) is 34.2. The molecule has 0 spiro atoms. The molecule has 2 aromatic rings. The zero-order valence-electron chi connectivity index (χ0n) is 12.8. The van der Waals surface area contributed by atoms with Crippen molar-refractivity contribution in [2.45, 2.75) is 0 Å². The number of carbonyl (C=O) groups is 4. The summed E-state index contributed by atoms with van der Waals surface area (Å²) in [5.41, 5.74) is -0.759. The van der Waals surface area contributed by atoms with Gasteiger partial charge in [0.25, 0.3) is 0 Å². The van der Waals surface area contributed by atoms with E-state index in [0.29, 0.717) is 0 Å². The fourth-order valence-corrected chi connectivity index (χ4v) is 1.71. The van der Waals surface area contributed by atoms with Gasteiger partial charge in [0, 0.05) is 88.0 Å².